The minimum atomic E-state index is -0.699. The van der Waals surface area contributed by atoms with E-state index < -0.39 is 12.1 Å². The molecule has 0 aliphatic heterocycles. The van der Waals surface area contributed by atoms with E-state index >= 15 is 0 Å². The van der Waals surface area contributed by atoms with Crippen molar-refractivity contribution >= 4 is 11.9 Å². The highest BCUT2D eigenvalue weighted by molar-refractivity contribution is 5.76. The highest BCUT2D eigenvalue weighted by Gasteiger charge is 2.19. The summed E-state index contributed by atoms with van der Waals surface area (Å²) in [7, 11) is 0. The van der Waals surface area contributed by atoms with E-state index in [1.165, 1.54) is 212 Å². The molecule has 0 aromatic carbocycles. The summed E-state index contributed by atoms with van der Waals surface area (Å²) in [5.41, 5.74) is 0. The smallest absolute Gasteiger partial charge is 0.305 e. The van der Waals surface area contributed by atoms with Crippen LogP contribution in [0.5, 0.6) is 0 Å². The molecule has 3 N–H and O–H groups in total. The van der Waals surface area contributed by atoms with Crippen LogP contribution in [0, 0.1) is 0 Å². The Balaban J connectivity index is 3.54. The van der Waals surface area contributed by atoms with E-state index in [1.807, 2.05) is 6.08 Å². The molecule has 0 rings (SSSR count). The number of aliphatic hydroxyl groups is 2. The van der Waals surface area contributed by atoms with Crippen LogP contribution in [0.2, 0.25) is 0 Å². The molecular weight excluding hydrogens is 779 g/mol. The quantitative estimate of drug-likeness (QED) is 0.0321. The lowest BCUT2D eigenvalue weighted by molar-refractivity contribution is -0.143. The largest absolute Gasteiger partial charge is 0.466 e. The van der Waals surface area contributed by atoms with Crippen LogP contribution in [0.15, 0.2) is 24.3 Å². The van der Waals surface area contributed by atoms with Crippen molar-refractivity contribution in [1.29, 1.82) is 0 Å². The Morgan fingerprint density at radius 2 is 0.810 bits per heavy atom. The second-order valence-electron chi connectivity index (χ2n) is 19.3. The van der Waals surface area contributed by atoms with Gasteiger partial charge in [-0.3, -0.25) is 9.59 Å². The van der Waals surface area contributed by atoms with E-state index in [1.54, 1.807) is 0 Å². The number of hydrogen-bond acceptors (Lipinski definition) is 5. The number of ether oxygens (including phenoxy) is 1. The molecule has 0 aliphatic carbocycles. The zero-order valence-electron chi connectivity index (χ0n) is 42.3. The van der Waals surface area contributed by atoms with Crippen molar-refractivity contribution < 1.29 is 24.5 Å². The van der Waals surface area contributed by atoms with E-state index in [0.29, 0.717) is 32.3 Å². The zero-order valence-corrected chi connectivity index (χ0v) is 42.3. The van der Waals surface area contributed by atoms with Crippen LogP contribution in [-0.4, -0.2) is 47.4 Å². The lowest BCUT2D eigenvalue weighted by Gasteiger charge is -2.22. The van der Waals surface area contributed by atoms with E-state index in [-0.39, 0.29) is 18.5 Å². The van der Waals surface area contributed by atoms with Gasteiger partial charge in [-0.25, -0.2) is 0 Å². The fourth-order valence-corrected chi connectivity index (χ4v) is 8.69. The number of nitrogens with one attached hydrogen (secondary N) is 1. The minimum absolute atomic E-state index is 0.0158. The summed E-state index contributed by atoms with van der Waals surface area (Å²) in [6, 6.07) is -0.585. The lowest BCUT2D eigenvalue weighted by Crippen LogP contribution is -2.45. The maximum Gasteiger partial charge on any atom is 0.305 e. The summed E-state index contributed by atoms with van der Waals surface area (Å²) < 4.78 is 5.45. The molecule has 0 spiro atoms. The fourth-order valence-electron chi connectivity index (χ4n) is 8.69. The Morgan fingerprint density at radius 3 is 1.24 bits per heavy atom. The van der Waals surface area contributed by atoms with Gasteiger partial charge in [-0.1, -0.05) is 269 Å². The predicted octanol–water partition coefficient (Wildman–Crippen LogP) is 17.1. The number of aliphatic hydroxyl groups excluding tert-OH is 2. The van der Waals surface area contributed by atoms with Gasteiger partial charge in [-0.05, 0) is 44.9 Å². The lowest BCUT2D eigenvalue weighted by atomic mass is 10.0. The maximum absolute atomic E-state index is 12.4. The molecular formula is C57H109NO5. The first kappa shape index (κ1) is 61.3. The van der Waals surface area contributed by atoms with Crippen molar-refractivity contribution in [3.05, 3.63) is 24.3 Å². The second kappa shape index (κ2) is 53.0. The first-order valence-electron chi connectivity index (χ1n) is 28.1. The third kappa shape index (κ3) is 49.6. The number of carbonyl (C=O) groups is 2. The molecule has 6 nitrogen and oxygen atoms in total. The van der Waals surface area contributed by atoms with Gasteiger partial charge in [0.15, 0.2) is 0 Å². The molecule has 0 fully saturated rings. The van der Waals surface area contributed by atoms with Gasteiger partial charge in [0, 0.05) is 12.8 Å². The summed E-state index contributed by atoms with van der Waals surface area (Å²) in [4.78, 5) is 24.4. The van der Waals surface area contributed by atoms with Gasteiger partial charge in [0.1, 0.15) is 0 Å². The average molecular weight is 889 g/mol. The molecule has 0 saturated heterocycles. The molecule has 0 bridgehead atoms. The normalized spacial score (nSPS) is 12.8. The number of rotatable bonds is 52. The molecule has 0 heterocycles. The van der Waals surface area contributed by atoms with E-state index in [4.69, 9.17) is 4.74 Å². The Kier molecular flexibility index (Phi) is 51.6. The highest BCUT2D eigenvalue weighted by Crippen LogP contribution is 2.17. The maximum atomic E-state index is 12.4. The van der Waals surface area contributed by atoms with E-state index in [0.717, 1.165) is 51.4 Å². The molecule has 63 heavy (non-hydrogen) atoms. The molecule has 0 aromatic heterocycles. The highest BCUT2D eigenvalue weighted by atomic mass is 16.5. The number of amides is 1. The molecule has 0 aliphatic rings. The van der Waals surface area contributed by atoms with Crippen molar-refractivity contribution in [3.8, 4) is 0 Å². The van der Waals surface area contributed by atoms with Crippen LogP contribution in [0.4, 0.5) is 0 Å². The van der Waals surface area contributed by atoms with Crippen LogP contribution in [0.3, 0.4) is 0 Å². The van der Waals surface area contributed by atoms with Crippen molar-refractivity contribution in [2.75, 3.05) is 13.2 Å². The molecule has 6 heteroatoms. The van der Waals surface area contributed by atoms with Crippen molar-refractivity contribution in [2.24, 2.45) is 0 Å². The molecule has 2 atom stereocenters. The third-order valence-electron chi connectivity index (χ3n) is 13.0. The molecule has 2 unspecified atom stereocenters. The number of unbranched alkanes of at least 4 members (excludes halogenated alkanes) is 37. The topological polar surface area (TPSA) is 95.9 Å². The first-order chi connectivity index (χ1) is 31.0. The monoisotopic (exact) mass is 888 g/mol. The van der Waals surface area contributed by atoms with Gasteiger partial charge in [0.2, 0.25) is 5.91 Å². The van der Waals surface area contributed by atoms with Crippen LogP contribution >= 0.6 is 0 Å². The zero-order chi connectivity index (χ0) is 45.8. The van der Waals surface area contributed by atoms with E-state index in [2.05, 4.69) is 37.4 Å². The number of carbonyl (C=O) groups excluding carboxylic acids is 2. The number of hydrogen-bond donors (Lipinski definition) is 3. The summed E-state index contributed by atoms with van der Waals surface area (Å²) in [6.45, 7) is 4.90. The van der Waals surface area contributed by atoms with Gasteiger partial charge >= 0.3 is 5.97 Å². The van der Waals surface area contributed by atoms with Crippen LogP contribution in [0.25, 0.3) is 0 Å². The minimum Gasteiger partial charge on any atom is -0.466 e. The van der Waals surface area contributed by atoms with Gasteiger partial charge in [-0.2, -0.15) is 0 Å². The standard InChI is InChI=1S/C57H109NO5/c1-3-5-7-9-11-13-15-17-18-19-20-21-22-23-24-26-29-33-37-41-45-49-55(60)54(53-59)58-56(61)50-46-42-38-34-30-27-25-28-32-36-40-44-48-52-63-57(62)51-47-43-39-35-31-16-14-12-10-8-6-4-2/h27,30,38,42,54-55,59-60H,3-26,28-29,31-37,39-41,43-53H2,1-2H3,(H,58,61)/b30-27-,42-38-. The Bertz CT molecular complexity index is 982. The molecule has 0 radical (unpaired) electrons. The predicted molar refractivity (Wildman–Crippen MR) is 273 cm³/mol. The summed E-state index contributed by atoms with van der Waals surface area (Å²) in [5, 5.41) is 23.2. The van der Waals surface area contributed by atoms with Gasteiger partial charge in [0.25, 0.3) is 0 Å². The molecule has 1 amide bonds. The van der Waals surface area contributed by atoms with Gasteiger partial charge < -0.3 is 20.3 Å². The third-order valence-corrected chi connectivity index (χ3v) is 13.0. The van der Waals surface area contributed by atoms with Gasteiger partial charge in [-0.15, -0.1) is 0 Å². The Hall–Kier alpha value is -1.66. The first-order valence-corrected chi connectivity index (χ1v) is 28.1. The van der Waals surface area contributed by atoms with Crippen molar-refractivity contribution in [2.45, 2.75) is 315 Å². The van der Waals surface area contributed by atoms with E-state index in [9.17, 15) is 19.8 Å². The van der Waals surface area contributed by atoms with Crippen LogP contribution < -0.4 is 5.32 Å². The van der Waals surface area contributed by atoms with Crippen molar-refractivity contribution in [3.63, 3.8) is 0 Å². The Morgan fingerprint density at radius 1 is 0.444 bits per heavy atom. The number of esters is 1. The average Bonchev–Trinajstić information content (AvgIpc) is 3.28. The number of allylic oxidation sites excluding steroid dienone is 4. The summed E-state index contributed by atoms with van der Waals surface area (Å²) in [5.74, 6) is -0.129. The van der Waals surface area contributed by atoms with Crippen LogP contribution in [-0.2, 0) is 14.3 Å². The fraction of sp³-hybridized carbons (Fsp3) is 0.895. The van der Waals surface area contributed by atoms with Crippen LogP contribution in [0.1, 0.15) is 303 Å². The van der Waals surface area contributed by atoms with Gasteiger partial charge in [0.05, 0.1) is 25.4 Å². The summed E-state index contributed by atoms with van der Waals surface area (Å²) >= 11 is 0. The second-order valence-corrected chi connectivity index (χ2v) is 19.3. The summed E-state index contributed by atoms with van der Waals surface area (Å²) in [6.07, 6.45) is 63.2. The molecule has 372 valence electrons. The molecule has 0 aromatic rings. The Labute approximate surface area is 392 Å². The molecule has 0 saturated carbocycles. The van der Waals surface area contributed by atoms with Crippen molar-refractivity contribution in [1.82, 2.24) is 5.32 Å². The SMILES string of the molecule is CCCCCCCCCCCCCCCCCCCCCCCC(O)C(CO)NC(=O)CC/C=C\C/C=C\CCCCCCCCOC(=O)CCCCCCCCCCCCCC.